The fourth-order valence-electron chi connectivity index (χ4n) is 1.23. The van der Waals surface area contributed by atoms with Gasteiger partial charge in [0.15, 0.2) is 0 Å². The summed E-state index contributed by atoms with van der Waals surface area (Å²) in [5, 5.41) is 8.85. The molecule has 2 unspecified atom stereocenters. The van der Waals surface area contributed by atoms with Gasteiger partial charge in [-0.1, -0.05) is 30.9 Å². The first-order valence-corrected chi connectivity index (χ1v) is 4.21. The van der Waals surface area contributed by atoms with Crippen molar-refractivity contribution in [2.45, 2.75) is 12.5 Å². The maximum absolute atomic E-state index is 8.85. The average Bonchev–Trinajstić information content (AvgIpc) is 2.17. The Bertz CT molecular complexity index is 200. The van der Waals surface area contributed by atoms with Crippen molar-refractivity contribution < 1.29 is 5.11 Å². The molecular weight excluding hydrogens is 162 g/mol. The van der Waals surface area contributed by atoms with Crippen molar-refractivity contribution in [2.24, 2.45) is 10.9 Å². The van der Waals surface area contributed by atoms with Gasteiger partial charge in [-0.2, -0.15) is 0 Å². The fourth-order valence-corrected chi connectivity index (χ4v) is 1.23. The summed E-state index contributed by atoms with van der Waals surface area (Å²) in [6, 6.07) is -0.0855. The SMILES string of the molecule is C=CC(=C)C(CCO)C(C=C)N=C. The van der Waals surface area contributed by atoms with Crippen LogP contribution in [-0.2, 0) is 0 Å². The summed E-state index contributed by atoms with van der Waals surface area (Å²) in [5.74, 6) is 0.0671. The van der Waals surface area contributed by atoms with E-state index in [1.807, 2.05) is 0 Å². The second-order valence-electron chi connectivity index (χ2n) is 2.81. The first-order valence-electron chi connectivity index (χ1n) is 4.21. The van der Waals surface area contributed by atoms with Gasteiger partial charge in [-0.15, -0.1) is 6.58 Å². The maximum Gasteiger partial charge on any atom is 0.0739 e. The molecule has 0 amide bonds. The lowest BCUT2D eigenvalue weighted by atomic mass is 9.89. The molecule has 2 nitrogen and oxygen atoms in total. The number of aliphatic hydroxyl groups is 1. The summed E-state index contributed by atoms with van der Waals surface area (Å²) in [6.07, 6.45) is 4.00. The Morgan fingerprint density at radius 2 is 2.08 bits per heavy atom. The highest BCUT2D eigenvalue weighted by molar-refractivity contribution is 5.28. The van der Waals surface area contributed by atoms with Gasteiger partial charge in [0.1, 0.15) is 0 Å². The first kappa shape index (κ1) is 11.8. The van der Waals surface area contributed by atoms with Crippen LogP contribution in [0.1, 0.15) is 6.42 Å². The van der Waals surface area contributed by atoms with E-state index in [4.69, 9.17) is 5.11 Å². The zero-order chi connectivity index (χ0) is 10.3. The number of allylic oxidation sites excluding steroid dienone is 1. The van der Waals surface area contributed by atoms with Gasteiger partial charge in [0.25, 0.3) is 0 Å². The summed E-state index contributed by atoms with van der Waals surface area (Å²) in [7, 11) is 0. The van der Waals surface area contributed by atoms with Crippen molar-refractivity contribution in [2.75, 3.05) is 6.61 Å². The molecule has 0 spiro atoms. The Morgan fingerprint density at radius 3 is 2.38 bits per heavy atom. The molecule has 72 valence electrons. The number of rotatable bonds is 7. The molecule has 0 fully saturated rings. The van der Waals surface area contributed by atoms with Gasteiger partial charge in [0.2, 0.25) is 0 Å². The summed E-state index contributed by atoms with van der Waals surface area (Å²) < 4.78 is 0. The minimum Gasteiger partial charge on any atom is -0.396 e. The lowest BCUT2D eigenvalue weighted by molar-refractivity contribution is 0.263. The lowest BCUT2D eigenvalue weighted by Crippen LogP contribution is -2.18. The molecular formula is C11H17NO. The van der Waals surface area contributed by atoms with Crippen LogP contribution in [0.3, 0.4) is 0 Å². The number of hydrogen-bond donors (Lipinski definition) is 1. The smallest absolute Gasteiger partial charge is 0.0739 e. The first-order chi connectivity index (χ1) is 6.21. The minimum atomic E-state index is -0.0855. The number of hydrogen-bond acceptors (Lipinski definition) is 2. The molecule has 0 saturated heterocycles. The van der Waals surface area contributed by atoms with E-state index in [0.717, 1.165) is 5.57 Å². The molecule has 1 N–H and O–H groups in total. The monoisotopic (exact) mass is 179 g/mol. The summed E-state index contributed by atoms with van der Waals surface area (Å²) in [4.78, 5) is 3.91. The predicted octanol–water partition coefficient (Wildman–Crippen LogP) is 1.98. The number of nitrogens with zero attached hydrogens (tertiary/aromatic N) is 1. The van der Waals surface area contributed by atoms with Crippen LogP contribution in [0.25, 0.3) is 0 Å². The van der Waals surface area contributed by atoms with Gasteiger partial charge in [-0.05, 0) is 13.1 Å². The molecule has 0 aromatic heterocycles. The van der Waals surface area contributed by atoms with Crippen LogP contribution in [0.15, 0.2) is 42.5 Å². The normalized spacial score (nSPS) is 14.2. The number of aliphatic imine (C=N–C) groups is 1. The van der Waals surface area contributed by atoms with Gasteiger partial charge in [0, 0.05) is 12.5 Å². The molecule has 0 aliphatic rings. The highest BCUT2D eigenvalue weighted by Gasteiger charge is 2.17. The van der Waals surface area contributed by atoms with Crippen molar-refractivity contribution in [3.8, 4) is 0 Å². The van der Waals surface area contributed by atoms with Crippen LogP contribution in [0.2, 0.25) is 0 Å². The standard InChI is InChI=1S/C11H17NO/c1-5-9(3)10(7-8-13)11(6-2)12-4/h5-6,10-11,13H,1-4,7-8H2. The van der Waals surface area contributed by atoms with Crippen LogP contribution in [-0.4, -0.2) is 24.5 Å². The second kappa shape index (κ2) is 6.38. The number of aliphatic hydroxyl groups excluding tert-OH is 1. The Morgan fingerprint density at radius 1 is 1.46 bits per heavy atom. The van der Waals surface area contributed by atoms with E-state index in [-0.39, 0.29) is 18.6 Å². The van der Waals surface area contributed by atoms with Crippen LogP contribution in [0, 0.1) is 5.92 Å². The molecule has 0 radical (unpaired) electrons. The molecule has 0 bridgehead atoms. The van der Waals surface area contributed by atoms with Crippen molar-refractivity contribution in [3.63, 3.8) is 0 Å². The van der Waals surface area contributed by atoms with Gasteiger partial charge in [-0.3, -0.25) is 4.99 Å². The summed E-state index contributed by atoms with van der Waals surface area (Å²) >= 11 is 0. The molecule has 2 heteroatoms. The summed E-state index contributed by atoms with van der Waals surface area (Å²) in [6.45, 7) is 14.7. The van der Waals surface area contributed by atoms with Crippen LogP contribution in [0.5, 0.6) is 0 Å². The average molecular weight is 179 g/mol. The quantitative estimate of drug-likeness (QED) is 0.362. The van der Waals surface area contributed by atoms with Gasteiger partial charge >= 0.3 is 0 Å². The molecule has 0 aromatic carbocycles. The molecule has 0 saturated carbocycles. The van der Waals surface area contributed by atoms with Crippen LogP contribution < -0.4 is 0 Å². The highest BCUT2D eigenvalue weighted by Crippen LogP contribution is 2.21. The third-order valence-corrected chi connectivity index (χ3v) is 2.04. The Labute approximate surface area is 80.0 Å². The van der Waals surface area contributed by atoms with Crippen LogP contribution in [0.4, 0.5) is 0 Å². The van der Waals surface area contributed by atoms with E-state index in [0.29, 0.717) is 6.42 Å². The maximum atomic E-state index is 8.85. The molecule has 0 aliphatic carbocycles. The van der Waals surface area contributed by atoms with Crippen molar-refractivity contribution in [1.29, 1.82) is 0 Å². The van der Waals surface area contributed by atoms with Gasteiger partial charge in [-0.25, -0.2) is 0 Å². The minimum absolute atomic E-state index is 0.0671. The van der Waals surface area contributed by atoms with E-state index in [9.17, 15) is 0 Å². The van der Waals surface area contributed by atoms with E-state index in [1.54, 1.807) is 12.2 Å². The molecule has 0 aromatic rings. The van der Waals surface area contributed by atoms with Crippen molar-refractivity contribution >= 4 is 6.72 Å². The Balaban J connectivity index is 4.54. The van der Waals surface area contributed by atoms with Gasteiger partial charge < -0.3 is 5.11 Å². The summed E-state index contributed by atoms with van der Waals surface area (Å²) in [5.41, 5.74) is 0.867. The third kappa shape index (κ3) is 3.38. The zero-order valence-corrected chi connectivity index (χ0v) is 7.95. The highest BCUT2D eigenvalue weighted by atomic mass is 16.3. The molecule has 2 atom stereocenters. The fraction of sp³-hybridized carbons (Fsp3) is 0.364. The van der Waals surface area contributed by atoms with Crippen molar-refractivity contribution in [3.05, 3.63) is 37.5 Å². The second-order valence-corrected chi connectivity index (χ2v) is 2.81. The van der Waals surface area contributed by atoms with E-state index < -0.39 is 0 Å². The lowest BCUT2D eigenvalue weighted by Gasteiger charge is -2.20. The topological polar surface area (TPSA) is 32.6 Å². The molecule has 0 heterocycles. The van der Waals surface area contributed by atoms with E-state index >= 15 is 0 Å². The van der Waals surface area contributed by atoms with Gasteiger partial charge in [0.05, 0.1) is 6.04 Å². The Hall–Kier alpha value is -1.15. The molecule has 0 rings (SSSR count). The third-order valence-electron chi connectivity index (χ3n) is 2.04. The van der Waals surface area contributed by atoms with Crippen molar-refractivity contribution in [1.82, 2.24) is 0 Å². The van der Waals surface area contributed by atoms with Crippen LogP contribution >= 0.6 is 0 Å². The predicted molar refractivity (Wildman–Crippen MR) is 58.1 cm³/mol. The van der Waals surface area contributed by atoms with E-state index in [2.05, 4.69) is 31.4 Å². The largest absolute Gasteiger partial charge is 0.396 e. The zero-order valence-electron chi connectivity index (χ0n) is 7.95. The molecule has 13 heavy (non-hydrogen) atoms. The van der Waals surface area contributed by atoms with E-state index in [1.165, 1.54) is 0 Å². The molecule has 0 aliphatic heterocycles. The Kier molecular flexibility index (Phi) is 5.81.